The molecule has 5 heteroatoms. The topological polar surface area (TPSA) is 42.7 Å². The fourth-order valence-electron chi connectivity index (χ4n) is 2.51. The van der Waals surface area contributed by atoms with E-state index in [2.05, 4.69) is 70.3 Å². The fraction of sp³-hybridized carbons (Fsp3) is 0.500. The van der Waals surface area contributed by atoms with E-state index in [0.717, 1.165) is 36.2 Å². The van der Waals surface area contributed by atoms with Crippen molar-refractivity contribution in [3.05, 3.63) is 46.0 Å². The van der Waals surface area contributed by atoms with E-state index < -0.39 is 0 Å². The van der Waals surface area contributed by atoms with Crippen molar-refractivity contribution < 1.29 is 0 Å². The summed E-state index contributed by atoms with van der Waals surface area (Å²) >= 11 is 3.63. The second-order valence-electron chi connectivity index (χ2n) is 5.16. The lowest BCUT2D eigenvalue weighted by Gasteiger charge is -2.21. The van der Waals surface area contributed by atoms with Crippen molar-refractivity contribution in [1.82, 2.24) is 20.1 Å². The van der Waals surface area contributed by atoms with Gasteiger partial charge in [0.25, 0.3) is 0 Å². The Labute approximate surface area is 135 Å². The van der Waals surface area contributed by atoms with Crippen molar-refractivity contribution in [3.8, 4) is 0 Å². The van der Waals surface area contributed by atoms with Crippen molar-refractivity contribution in [2.24, 2.45) is 0 Å². The molecule has 2 aromatic rings. The smallest absolute Gasteiger partial charge is 0.138 e. The number of aryl methyl sites for hydroxylation is 1. The zero-order valence-corrected chi connectivity index (χ0v) is 14.5. The quantitative estimate of drug-likeness (QED) is 0.828. The number of benzene rings is 1. The molecule has 114 valence electrons. The normalized spacial score (nSPS) is 12.6. The molecule has 2 rings (SSSR count). The first-order valence-electron chi connectivity index (χ1n) is 7.52. The van der Waals surface area contributed by atoms with E-state index >= 15 is 0 Å². The van der Waals surface area contributed by atoms with E-state index in [-0.39, 0.29) is 6.04 Å². The lowest BCUT2D eigenvalue weighted by Crippen LogP contribution is -2.26. The average molecular weight is 351 g/mol. The molecule has 0 aliphatic heterocycles. The zero-order valence-electron chi connectivity index (χ0n) is 12.9. The van der Waals surface area contributed by atoms with Gasteiger partial charge in [-0.2, -0.15) is 5.10 Å². The molecular formula is C16H23BrN4. The standard InChI is InChI=1S/C16H23BrN4/c1-4-9-18-15(10-16-19-11-20-21(16)5-2)13-7-6-8-14(17)12(13)3/h6-8,11,15,18H,4-5,9-10H2,1-3H3. The molecule has 0 saturated heterocycles. The third-order valence-corrected chi connectivity index (χ3v) is 4.57. The average Bonchev–Trinajstić information content (AvgIpc) is 2.93. The van der Waals surface area contributed by atoms with E-state index in [4.69, 9.17) is 0 Å². The Hall–Kier alpha value is -1.20. The molecule has 1 unspecified atom stereocenters. The van der Waals surface area contributed by atoms with Gasteiger partial charge in [0.1, 0.15) is 12.2 Å². The first-order chi connectivity index (χ1) is 10.2. The summed E-state index contributed by atoms with van der Waals surface area (Å²) in [6, 6.07) is 6.64. The maximum absolute atomic E-state index is 4.41. The second kappa shape index (κ2) is 7.71. The zero-order chi connectivity index (χ0) is 15.2. The van der Waals surface area contributed by atoms with Gasteiger partial charge in [-0.05, 0) is 44.0 Å². The van der Waals surface area contributed by atoms with E-state index in [1.807, 2.05) is 4.68 Å². The molecule has 1 heterocycles. The molecule has 0 aliphatic rings. The maximum Gasteiger partial charge on any atom is 0.138 e. The van der Waals surface area contributed by atoms with Crippen molar-refractivity contribution in [1.29, 1.82) is 0 Å². The van der Waals surface area contributed by atoms with Crippen LogP contribution in [0.1, 0.15) is 43.3 Å². The number of nitrogens with one attached hydrogen (secondary N) is 1. The first kappa shape index (κ1) is 16.2. The maximum atomic E-state index is 4.41. The van der Waals surface area contributed by atoms with Crippen LogP contribution in [-0.2, 0) is 13.0 Å². The van der Waals surface area contributed by atoms with Crippen LogP contribution in [-0.4, -0.2) is 21.3 Å². The highest BCUT2D eigenvalue weighted by molar-refractivity contribution is 9.10. The highest BCUT2D eigenvalue weighted by atomic mass is 79.9. The number of rotatable bonds is 7. The van der Waals surface area contributed by atoms with Crippen molar-refractivity contribution in [2.45, 2.75) is 46.2 Å². The number of hydrogen-bond acceptors (Lipinski definition) is 3. The van der Waals surface area contributed by atoms with E-state index in [1.165, 1.54) is 11.1 Å². The van der Waals surface area contributed by atoms with Crippen LogP contribution in [0.5, 0.6) is 0 Å². The molecule has 1 aromatic carbocycles. The Morgan fingerprint density at radius 2 is 2.14 bits per heavy atom. The van der Waals surface area contributed by atoms with Gasteiger partial charge in [0.15, 0.2) is 0 Å². The van der Waals surface area contributed by atoms with Crippen LogP contribution >= 0.6 is 15.9 Å². The highest BCUT2D eigenvalue weighted by Crippen LogP contribution is 2.26. The second-order valence-corrected chi connectivity index (χ2v) is 6.01. The van der Waals surface area contributed by atoms with Crippen LogP contribution in [0.25, 0.3) is 0 Å². The lowest BCUT2D eigenvalue weighted by atomic mass is 9.98. The molecule has 0 radical (unpaired) electrons. The van der Waals surface area contributed by atoms with Crippen LogP contribution in [0.3, 0.4) is 0 Å². The molecule has 0 bridgehead atoms. The minimum absolute atomic E-state index is 0.261. The predicted molar refractivity (Wildman–Crippen MR) is 89.3 cm³/mol. The minimum atomic E-state index is 0.261. The summed E-state index contributed by atoms with van der Waals surface area (Å²) in [5.74, 6) is 1.03. The van der Waals surface area contributed by atoms with Crippen LogP contribution < -0.4 is 5.32 Å². The van der Waals surface area contributed by atoms with Gasteiger partial charge in [0, 0.05) is 23.5 Å². The molecule has 1 N–H and O–H groups in total. The van der Waals surface area contributed by atoms with Crippen LogP contribution in [0.15, 0.2) is 29.0 Å². The van der Waals surface area contributed by atoms with Crippen LogP contribution in [0, 0.1) is 6.92 Å². The predicted octanol–water partition coefficient (Wildman–Crippen LogP) is 3.65. The third-order valence-electron chi connectivity index (χ3n) is 3.71. The summed E-state index contributed by atoms with van der Waals surface area (Å²) in [5, 5.41) is 7.91. The number of hydrogen-bond donors (Lipinski definition) is 1. The van der Waals surface area contributed by atoms with Crippen LogP contribution in [0.4, 0.5) is 0 Å². The molecule has 0 saturated carbocycles. The highest BCUT2D eigenvalue weighted by Gasteiger charge is 2.17. The van der Waals surface area contributed by atoms with Crippen LogP contribution in [0.2, 0.25) is 0 Å². The summed E-state index contributed by atoms with van der Waals surface area (Å²) in [5.41, 5.74) is 2.61. The molecule has 0 aliphatic carbocycles. The van der Waals surface area contributed by atoms with Gasteiger partial charge in [0.2, 0.25) is 0 Å². The Bertz CT molecular complexity index is 579. The molecule has 0 spiro atoms. The van der Waals surface area contributed by atoms with Crippen molar-refractivity contribution in [3.63, 3.8) is 0 Å². The Balaban J connectivity index is 2.28. The summed E-state index contributed by atoms with van der Waals surface area (Å²) in [4.78, 5) is 4.41. The molecule has 4 nitrogen and oxygen atoms in total. The SMILES string of the molecule is CCCNC(Cc1ncnn1CC)c1cccc(Br)c1C. The Kier molecular flexibility index (Phi) is 5.94. The monoisotopic (exact) mass is 350 g/mol. The van der Waals surface area contributed by atoms with Gasteiger partial charge in [-0.3, -0.25) is 4.68 Å². The molecular weight excluding hydrogens is 328 g/mol. The Morgan fingerprint density at radius 3 is 2.86 bits per heavy atom. The summed E-state index contributed by atoms with van der Waals surface area (Å²) < 4.78 is 3.12. The Morgan fingerprint density at radius 1 is 1.33 bits per heavy atom. The molecule has 1 atom stereocenters. The summed E-state index contributed by atoms with van der Waals surface area (Å²) in [6.07, 6.45) is 3.61. The van der Waals surface area contributed by atoms with Crippen molar-refractivity contribution in [2.75, 3.05) is 6.54 Å². The van der Waals surface area contributed by atoms with Crippen molar-refractivity contribution >= 4 is 15.9 Å². The van der Waals surface area contributed by atoms with Gasteiger partial charge >= 0.3 is 0 Å². The number of nitrogens with zero attached hydrogens (tertiary/aromatic N) is 3. The van der Waals surface area contributed by atoms with E-state index in [1.54, 1.807) is 6.33 Å². The number of halogens is 1. The van der Waals surface area contributed by atoms with E-state index in [0.29, 0.717) is 0 Å². The molecule has 0 amide bonds. The van der Waals surface area contributed by atoms with Gasteiger partial charge in [-0.25, -0.2) is 4.98 Å². The summed E-state index contributed by atoms with van der Waals surface area (Å²) in [6.45, 7) is 8.29. The molecule has 21 heavy (non-hydrogen) atoms. The largest absolute Gasteiger partial charge is 0.310 e. The summed E-state index contributed by atoms with van der Waals surface area (Å²) in [7, 11) is 0. The van der Waals surface area contributed by atoms with Gasteiger partial charge in [0.05, 0.1) is 0 Å². The molecule has 1 aromatic heterocycles. The fourth-order valence-corrected chi connectivity index (χ4v) is 2.89. The minimum Gasteiger partial charge on any atom is -0.310 e. The first-order valence-corrected chi connectivity index (χ1v) is 8.31. The third kappa shape index (κ3) is 3.92. The molecule has 0 fully saturated rings. The lowest BCUT2D eigenvalue weighted by molar-refractivity contribution is 0.495. The van der Waals surface area contributed by atoms with Gasteiger partial charge in [-0.1, -0.05) is 35.0 Å². The number of aromatic nitrogens is 3. The van der Waals surface area contributed by atoms with E-state index in [9.17, 15) is 0 Å². The van der Waals surface area contributed by atoms with Gasteiger partial charge < -0.3 is 5.32 Å². The van der Waals surface area contributed by atoms with Gasteiger partial charge in [-0.15, -0.1) is 0 Å².